The molecule has 1 aliphatic rings. The van der Waals surface area contributed by atoms with Gasteiger partial charge in [0.2, 0.25) is 0 Å². The SMILES string of the molecule is CCCCn1nnnc1CNC(=NC)NCC1CCCO1.I. The molecule has 2 rings (SSSR count). The van der Waals surface area contributed by atoms with Crippen LogP contribution in [0.2, 0.25) is 0 Å². The fraction of sp³-hybridized carbons (Fsp3) is 0.846. The molecule has 1 aromatic rings. The van der Waals surface area contributed by atoms with Crippen molar-refractivity contribution in [1.82, 2.24) is 30.8 Å². The van der Waals surface area contributed by atoms with Crippen molar-refractivity contribution in [3.05, 3.63) is 5.82 Å². The second kappa shape index (κ2) is 10.7. The van der Waals surface area contributed by atoms with Crippen LogP contribution < -0.4 is 10.6 Å². The maximum atomic E-state index is 5.58. The number of rotatable bonds is 7. The van der Waals surface area contributed by atoms with Gasteiger partial charge in [-0.25, -0.2) is 4.68 Å². The van der Waals surface area contributed by atoms with E-state index in [0.29, 0.717) is 12.6 Å². The molecule has 0 amide bonds. The summed E-state index contributed by atoms with van der Waals surface area (Å²) >= 11 is 0. The van der Waals surface area contributed by atoms with Crippen molar-refractivity contribution in [1.29, 1.82) is 0 Å². The quantitative estimate of drug-likeness (QED) is 0.386. The fourth-order valence-corrected chi connectivity index (χ4v) is 2.23. The molecule has 1 aromatic heterocycles. The lowest BCUT2D eigenvalue weighted by Gasteiger charge is -2.14. The van der Waals surface area contributed by atoms with Crippen molar-refractivity contribution < 1.29 is 4.74 Å². The maximum absolute atomic E-state index is 5.58. The molecule has 9 heteroatoms. The van der Waals surface area contributed by atoms with E-state index in [0.717, 1.165) is 57.2 Å². The predicted octanol–water partition coefficient (Wildman–Crippen LogP) is 0.935. The summed E-state index contributed by atoms with van der Waals surface area (Å²) in [7, 11) is 1.75. The minimum absolute atomic E-state index is 0. The molecule has 0 aliphatic carbocycles. The summed E-state index contributed by atoms with van der Waals surface area (Å²) in [5.41, 5.74) is 0. The number of hydrogen-bond acceptors (Lipinski definition) is 5. The van der Waals surface area contributed by atoms with Crippen LogP contribution in [-0.4, -0.2) is 52.5 Å². The first-order chi connectivity index (χ1) is 10.3. The molecule has 2 heterocycles. The van der Waals surface area contributed by atoms with E-state index in [2.05, 4.69) is 38.1 Å². The van der Waals surface area contributed by atoms with Gasteiger partial charge in [0.15, 0.2) is 11.8 Å². The van der Waals surface area contributed by atoms with E-state index in [1.54, 1.807) is 7.05 Å². The lowest BCUT2D eigenvalue weighted by Crippen LogP contribution is -2.41. The van der Waals surface area contributed by atoms with Gasteiger partial charge in [-0.15, -0.1) is 29.1 Å². The zero-order chi connectivity index (χ0) is 14.9. The van der Waals surface area contributed by atoms with Gasteiger partial charge in [-0.2, -0.15) is 0 Å². The number of nitrogens with one attached hydrogen (secondary N) is 2. The molecule has 1 saturated heterocycles. The number of aryl methyl sites for hydroxylation is 1. The first-order valence-electron chi connectivity index (χ1n) is 7.64. The molecule has 22 heavy (non-hydrogen) atoms. The predicted molar refractivity (Wildman–Crippen MR) is 95.3 cm³/mol. The van der Waals surface area contributed by atoms with Gasteiger partial charge >= 0.3 is 0 Å². The van der Waals surface area contributed by atoms with Crippen molar-refractivity contribution in [3.63, 3.8) is 0 Å². The van der Waals surface area contributed by atoms with Gasteiger partial charge in [0.1, 0.15) is 0 Å². The summed E-state index contributed by atoms with van der Waals surface area (Å²) in [4.78, 5) is 4.20. The minimum atomic E-state index is 0. The molecular weight excluding hydrogens is 397 g/mol. The van der Waals surface area contributed by atoms with E-state index in [4.69, 9.17) is 4.74 Å². The van der Waals surface area contributed by atoms with Crippen LogP contribution in [0.25, 0.3) is 0 Å². The van der Waals surface area contributed by atoms with Crippen molar-refractivity contribution >= 4 is 29.9 Å². The highest BCUT2D eigenvalue weighted by atomic mass is 127. The second-order valence-electron chi connectivity index (χ2n) is 5.11. The molecule has 1 atom stereocenters. The molecule has 1 fully saturated rings. The Balaban J connectivity index is 0.00000242. The minimum Gasteiger partial charge on any atom is -0.376 e. The van der Waals surface area contributed by atoms with Gasteiger partial charge in [-0.1, -0.05) is 13.3 Å². The van der Waals surface area contributed by atoms with Crippen LogP contribution in [0.3, 0.4) is 0 Å². The van der Waals surface area contributed by atoms with Crippen LogP contribution in [0.5, 0.6) is 0 Å². The van der Waals surface area contributed by atoms with Crippen molar-refractivity contribution in [3.8, 4) is 0 Å². The third-order valence-corrected chi connectivity index (χ3v) is 3.49. The topological polar surface area (TPSA) is 89.3 Å². The molecule has 0 radical (unpaired) electrons. The standard InChI is InChI=1S/C13H25N7O.HI/c1-3-4-7-20-12(17-18-19-20)10-16-13(14-2)15-9-11-6-5-8-21-11;/h11H,3-10H2,1-2H3,(H2,14,15,16);1H. The molecule has 0 aromatic carbocycles. The Morgan fingerprint density at radius 1 is 1.45 bits per heavy atom. The van der Waals surface area contributed by atoms with E-state index in [1.807, 2.05) is 4.68 Å². The highest BCUT2D eigenvalue weighted by Crippen LogP contribution is 2.10. The van der Waals surface area contributed by atoms with E-state index < -0.39 is 0 Å². The Kier molecular flexibility index (Phi) is 9.28. The second-order valence-corrected chi connectivity index (χ2v) is 5.11. The van der Waals surface area contributed by atoms with Crippen molar-refractivity contribution in [2.24, 2.45) is 4.99 Å². The van der Waals surface area contributed by atoms with Gasteiger partial charge < -0.3 is 15.4 Å². The average molecular weight is 423 g/mol. The number of tetrazole rings is 1. The fourth-order valence-electron chi connectivity index (χ4n) is 2.23. The average Bonchev–Trinajstić information content (AvgIpc) is 3.16. The monoisotopic (exact) mass is 423 g/mol. The lowest BCUT2D eigenvalue weighted by molar-refractivity contribution is 0.114. The van der Waals surface area contributed by atoms with Crippen LogP contribution in [0, 0.1) is 0 Å². The van der Waals surface area contributed by atoms with Crippen LogP contribution in [0.15, 0.2) is 4.99 Å². The largest absolute Gasteiger partial charge is 0.376 e. The van der Waals surface area contributed by atoms with E-state index in [9.17, 15) is 0 Å². The molecule has 126 valence electrons. The highest BCUT2D eigenvalue weighted by Gasteiger charge is 2.15. The first kappa shape index (κ1) is 19.1. The Labute approximate surface area is 148 Å². The maximum Gasteiger partial charge on any atom is 0.191 e. The van der Waals surface area contributed by atoms with E-state index >= 15 is 0 Å². The Bertz CT molecular complexity index is 445. The molecule has 0 saturated carbocycles. The number of guanidine groups is 1. The molecule has 0 spiro atoms. The van der Waals surface area contributed by atoms with Crippen LogP contribution in [0.4, 0.5) is 0 Å². The first-order valence-corrected chi connectivity index (χ1v) is 7.64. The normalized spacial score (nSPS) is 18.1. The van der Waals surface area contributed by atoms with E-state index in [-0.39, 0.29) is 24.0 Å². The molecule has 1 aliphatic heterocycles. The lowest BCUT2D eigenvalue weighted by atomic mass is 10.2. The third kappa shape index (κ3) is 6.03. The number of aromatic nitrogens is 4. The summed E-state index contributed by atoms with van der Waals surface area (Å²) in [6, 6.07) is 0. The van der Waals surface area contributed by atoms with Gasteiger partial charge in [-0.05, 0) is 29.7 Å². The van der Waals surface area contributed by atoms with E-state index in [1.165, 1.54) is 0 Å². The smallest absolute Gasteiger partial charge is 0.191 e. The molecule has 8 nitrogen and oxygen atoms in total. The molecule has 1 unspecified atom stereocenters. The Hall–Kier alpha value is -0.970. The number of aliphatic imine (C=N–C) groups is 1. The zero-order valence-electron chi connectivity index (χ0n) is 13.3. The van der Waals surface area contributed by atoms with Gasteiger partial charge in [0.25, 0.3) is 0 Å². The van der Waals surface area contributed by atoms with Crippen LogP contribution in [0.1, 0.15) is 38.4 Å². The summed E-state index contributed by atoms with van der Waals surface area (Å²) in [6.45, 7) is 5.20. The van der Waals surface area contributed by atoms with Crippen LogP contribution >= 0.6 is 24.0 Å². The van der Waals surface area contributed by atoms with Crippen molar-refractivity contribution in [2.45, 2.75) is 51.8 Å². The molecule has 0 bridgehead atoms. The molecule has 2 N–H and O–H groups in total. The number of ether oxygens (including phenoxy) is 1. The third-order valence-electron chi connectivity index (χ3n) is 3.49. The Morgan fingerprint density at radius 2 is 2.32 bits per heavy atom. The van der Waals surface area contributed by atoms with Gasteiger partial charge in [0.05, 0.1) is 12.6 Å². The zero-order valence-corrected chi connectivity index (χ0v) is 15.6. The summed E-state index contributed by atoms with van der Waals surface area (Å²) in [6.07, 6.45) is 4.74. The number of hydrogen-bond donors (Lipinski definition) is 2. The summed E-state index contributed by atoms with van der Waals surface area (Å²) < 4.78 is 7.42. The van der Waals surface area contributed by atoms with Gasteiger partial charge in [0, 0.05) is 26.7 Å². The summed E-state index contributed by atoms with van der Waals surface area (Å²) in [5, 5.41) is 18.3. The molecular formula is C13H26IN7O. The Morgan fingerprint density at radius 3 is 3.00 bits per heavy atom. The number of halogens is 1. The van der Waals surface area contributed by atoms with Gasteiger partial charge in [-0.3, -0.25) is 4.99 Å². The van der Waals surface area contributed by atoms with Crippen LogP contribution in [-0.2, 0) is 17.8 Å². The van der Waals surface area contributed by atoms with Crippen molar-refractivity contribution in [2.75, 3.05) is 20.2 Å². The summed E-state index contributed by atoms with van der Waals surface area (Å²) in [5.74, 6) is 1.57. The number of unbranched alkanes of at least 4 members (excludes halogenated alkanes) is 1. The highest BCUT2D eigenvalue weighted by molar-refractivity contribution is 14.0. The number of nitrogens with zero attached hydrogens (tertiary/aromatic N) is 5.